The van der Waals surface area contributed by atoms with E-state index >= 15 is 0 Å². The molecule has 2 aromatic carbocycles. The fourth-order valence-electron chi connectivity index (χ4n) is 3.17. The summed E-state index contributed by atoms with van der Waals surface area (Å²) in [6, 6.07) is 15.6. The number of ether oxygens (including phenoxy) is 1. The lowest BCUT2D eigenvalue weighted by Crippen LogP contribution is -2.05. The van der Waals surface area contributed by atoms with Crippen molar-refractivity contribution >= 4 is 40.4 Å². The highest BCUT2D eigenvalue weighted by atomic mass is 35.5. The predicted octanol–water partition coefficient (Wildman–Crippen LogP) is 5.74. The number of hydrogen-bond donors (Lipinski definition) is 0. The van der Waals surface area contributed by atoms with Crippen LogP contribution in [0, 0.1) is 5.82 Å². The van der Waals surface area contributed by atoms with E-state index < -0.39 is 5.97 Å². The molecule has 4 aromatic rings. The highest BCUT2D eigenvalue weighted by Crippen LogP contribution is 2.31. The first-order chi connectivity index (χ1) is 15.1. The van der Waals surface area contributed by atoms with Crippen molar-refractivity contribution in [2.45, 2.75) is 24.4 Å². The maximum atomic E-state index is 14.2. The molecule has 4 rings (SSSR count). The Balaban J connectivity index is 1.72. The summed E-state index contributed by atoms with van der Waals surface area (Å²) in [5, 5.41) is 1.06. The van der Waals surface area contributed by atoms with E-state index in [2.05, 4.69) is 4.98 Å². The smallest absolute Gasteiger partial charge is 0.338 e. The zero-order valence-electron chi connectivity index (χ0n) is 16.7. The standard InChI is InChI=1S/C23H19ClFN3O2S/c1-2-30-22(29)15-9-10-21-20(12-15)27-23(28(21)13-16-6-3-4-11-26-16)31-14-17-18(24)7-5-8-19(17)25/h3-12H,2,13-14H2,1H3. The van der Waals surface area contributed by atoms with E-state index in [0.717, 1.165) is 11.2 Å². The van der Waals surface area contributed by atoms with E-state index in [9.17, 15) is 9.18 Å². The van der Waals surface area contributed by atoms with Crippen LogP contribution < -0.4 is 0 Å². The van der Waals surface area contributed by atoms with Gasteiger partial charge >= 0.3 is 5.97 Å². The second-order valence-electron chi connectivity index (χ2n) is 6.71. The van der Waals surface area contributed by atoms with Gasteiger partial charge in [0.15, 0.2) is 5.16 Å². The molecule has 0 N–H and O–H groups in total. The van der Waals surface area contributed by atoms with Gasteiger partial charge in [0.05, 0.1) is 35.4 Å². The van der Waals surface area contributed by atoms with E-state index in [1.165, 1.54) is 17.8 Å². The Morgan fingerprint density at radius 3 is 2.81 bits per heavy atom. The lowest BCUT2D eigenvalue weighted by atomic mass is 10.2. The minimum atomic E-state index is -0.393. The maximum Gasteiger partial charge on any atom is 0.338 e. The Labute approximate surface area is 188 Å². The second-order valence-corrected chi connectivity index (χ2v) is 8.06. The van der Waals surface area contributed by atoms with Crippen molar-refractivity contribution in [3.05, 3.63) is 88.5 Å². The number of rotatable bonds is 7. The van der Waals surface area contributed by atoms with Crippen molar-refractivity contribution in [2.75, 3.05) is 6.61 Å². The van der Waals surface area contributed by atoms with Gasteiger partial charge < -0.3 is 9.30 Å². The molecule has 0 saturated carbocycles. The number of esters is 1. The molecule has 0 radical (unpaired) electrons. The number of pyridine rings is 1. The summed E-state index contributed by atoms with van der Waals surface area (Å²) in [5.41, 5.74) is 3.23. The molecule has 8 heteroatoms. The van der Waals surface area contributed by atoms with Gasteiger partial charge in [0.1, 0.15) is 5.82 Å². The number of carbonyl (C=O) groups excluding carboxylic acids is 1. The van der Waals surface area contributed by atoms with Gasteiger partial charge in [-0.25, -0.2) is 14.2 Å². The Morgan fingerprint density at radius 1 is 1.19 bits per heavy atom. The summed E-state index contributed by atoms with van der Waals surface area (Å²) in [5.74, 6) is -0.421. The fourth-order valence-corrected chi connectivity index (χ4v) is 4.53. The van der Waals surface area contributed by atoms with Crippen LogP contribution in [-0.2, 0) is 17.0 Å². The number of thioether (sulfide) groups is 1. The van der Waals surface area contributed by atoms with Crippen LogP contribution in [0.4, 0.5) is 4.39 Å². The van der Waals surface area contributed by atoms with Gasteiger partial charge in [-0.2, -0.15) is 0 Å². The van der Waals surface area contributed by atoms with Crippen LogP contribution in [0.25, 0.3) is 11.0 Å². The van der Waals surface area contributed by atoms with Crippen LogP contribution in [0.15, 0.2) is 66.0 Å². The maximum absolute atomic E-state index is 14.2. The van der Waals surface area contributed by atoms with Gasteiger partial charge in [0.25, 0.3) is 0 Å². The number of aromatic nitrogens is 3. The van der Waals surface area contributed by atoms with Crippen molar-refractivity contribution in [3.63, 3.8) is 0 Å². The largest absolute Gasteiger partial charge is 0.462 e. The third-order valence-corrected chi connectivity index (χ3v) is 6.03. The molecular formula is C23H19ClFN3O2S. The third kappa shape index (κ3) is 4.73. The van der Waals surface area contributed by atoms with Crippen LogP contribution in [0.5, 0.6) is 0 Å². The van der Waals surface area contributed by atoms with Crippen LogP contribution in [0.1, 0.15) is 28.5 Å². The molecule has 5 nitrogen and oxygen atoms in total. The molecule has 0 aliphatic rings. The normalized spacial score (nSPS) is 11.1. The summed E-state index contributed by atoms with van der Waals surface area (Å²) in [7, 11) is 0. The van der Waals surface area contributed by atoms with E-state index in [-0.39, 0.29) is 5.82 Å². The zero-order valence-corrected chi connectivity index (χ0v) is 18.3. The highest BCUT2D eigenvalue weighted by molar-refractivity contribution is 7.98. The molecule has 0 atom stereocenters. The van der Waals surface area contributed by atoms with Crippen LogP contribution in [0.2, 0.25) is 5.02 Å². The Morgan fingerprint density at radius 2 is 2.06 bits per heavy atom. The van der Waals surface area contributed by atoms with E-state index in [4.69, 9.17) is 21.3 Å². The average molecular weight is 456 g/mol. The Bertz CT molecular complexity index is 1210. The molecule has 2 heterocycles. The first-order valence-corrected chi connectivity index (χ1v) is 11.1. The first kappa shape index (κ1) is 21.3. The van der Waals surface area contributed by atoms with Crippen molar-refractivity contribution < 1.29 is 13.9 Å². The van der Waals surface area contributed by atoms with Crippen molar-refractivity contribution in [2.24, 2.45) is 0 Å². The second kappa shape index (κ2) is 9.49. The molecule has 31 heavy (non-hydrogen) atoms. The number of hydrogen-bond acceptors (Lipinski definition) is 5. The van der Waals surface area contributed by atoms with E-state index in [0.29, 0.717) is 45.7 Å². The summed E-state index contributed by atoms with van der Waals surface area (Å²) in [6.45, 7) is 2.56. The topological polar surface area (TPSA) is 57.0 Å². The number of carbonyl (C=O) groups is 1. The minimum Gasteiger partial charge on any atom is -0.462 e. The molecule has 158 valence electrons. The lowest BCUT2D eigenvalue weighted by Gasteiger charge is -2.10. The van der Waals surface area contributed by atoms with Crippen molar-refractivity contribution in [1.29, 1.82) is 0 Å². The molecule has 0 spiro atoms. The number of halogens is 2. The number of nitrogens with zero attached hydrogens (tertiary/aromatic N) is 3. The molecule has 0 saturated heterocycles. The molecular weight excluding hydrogens is 437 g/mol. The zero-order chi connectivity index (χ0) is 21.8. The van der Waals surface area contributed by atoms with Gasteiger partial charge in [0, 0.05) is 22.5 Å². The van der Waals surface area contributed by atoms with E-state index in [1.807, 2.05) is 28.8 Å². The van der Waals surface area contributed by atoms with Crippen LogP contribution in [0.3, 0.4) is 0 Å². The highest BCUT2D eigenvalue weighted by Gasteiger charge is 2.17. The van der Waals surface area contributed by atoms with Crippen molar-refractivity contribution in [3.8, 4) is 0 Å². The molecule has 0 aliphatic heterocycles. The van der Waals surface area contributed by atoms with Crippen LogP contribution in [-0.4, -0.2) is 27.1 Å². The third-order valence-electron chi connectivity index (χ3n) is 4.68. The molecule has 0 amide bonds. The average Bonchev–Trinajstić information content (AvgIpc) is 3.11. The summed E-state index contributed by atoms with van der Waals surface area (Å²) < 4.78 is 21.3. The molecule has 0 unspecified atom stereocenters. The number of fused-ring (bicyclic) bond motifs is 1. The molecule has 0 bridgehead atoms. The monoisotopic (exact) mass is 455 g/mol. The van der Waals surface area contributed by atoms with Crippen molar-refractivity contribution in [1.82, 2.24) is 14.5 Å². The van der Waals surface area contributed by atoms with Gasteiger partial charge in [-0.15, -0.1) is 0 Å². The molecule has 2 aromatic heterocycles. The minimum absolute atomic E-state index is 0.301. The Hall–Kier alpha value is -2.90. The SMILES string of the molecule is CCOC(=O)c1ccc2c(c1)nc(SCc1c(F)cccc1Cl)n2Cc1ccccn1. The quantitative estimate of drug-likeness (QED) is 0.262. The molecule has 0 fully saturated rings. The fraction of sp³-hybridized carbons (Fsp3) is 0.174. The van der Waals surface area contributed by atoms with E-state index in [1.54, 1.807) is 37.4 Å². The first-order valence-electron chi connectivity index (χ1n) is 9.70. The summed E-state index contributed by atoms with van der Waals surface area (Å²) in [4.78, 5) is 21.2. The van der Waals surface area contributed by atoms with Gasteiger partial charge in [-0.05, 0) is 49.4 Å². The lowest BCUT2D eigenvalue weighted by molar-refractivity contribution is 0.0526. The van der Waals surface area contributed by atoms with Gasteiger partial charge in [0.2, 0.25) is 0 Å². The summed E-state index contributed by atoms with van der Waals surface area (Å²) in [6.07, 6.45) is 1.74. The Kier molecular flexibility index (Phi) is 6.53. The number of benzene rings is 2. The van der Waals surface area contributed by atoms with Gasteiger partial charge in [-0.3, -0.25) is 4.98 Å². The summed E-state index contributed by atoms with van der Waals surface area (Å²) >= 11 is 7.57. The molecule has 0 aliphatic carbocycles. The predicted molar refractivity (Wildman–Crippen MR) is 120 cm³/mol. The number of imidazole rings is 1. The van der Waals surface area contributed by atoms with Crippen LogP contribution >= 0.6 is 23.4 Å². The van der Waals surface area contributed by atoms with Gasteiger partial charge in [-0.1, -0.05) is 35.5 Å².